The Morgan fingerprint density at radius 1 is 1.26 bits per heavy atom. The molecule has 1 unspecified atom stereocenters. The van der Waals surface area contributed by atoms with Gasteiger partial charge in [-0.2, -0.15) is 0 Å². The molecule has 0 bridgehead atoms. The van der Waals surface area contributed by atoms with Crippen LogP contribution in [0, 0.1) is 0 Å². The van der Waals surface area contributed by atoms with E-state index in [1.165, 1.54) is 12.8 Å². The minimum Gasteiger partial charge on any atom is -0.490 e. The Bertz CT molecular complexity index is 379. The van der Waals surface area contributed by atoms with Crippen molar-refractivity contribution in [1.29, 1.82) is 0 Å². The summed E-state index contributed by atoms with van der Waals surface area (Å²) in [5, 5.41) is 12.7. The van der Waals surface area contributed by atoms with E-state index < -0.39 is 0 Å². The van der Waals surface area contributed by atoms with Crippen LogP contribution in [0.2, 0.25) is 0 Å². The molecule has 1 aromatic carbocycles. The maximum absolute atomic E-state index is 9.32. The molecule has 1 atom stereocenters. The Morgan fingerprint density at radius 3 is 2.53 bits per heavy atom. The highest BCUT2D eigenvalue weighted by atomic mass is 16.5. The second-order valence-electron chi connectivity index (χ2n) is 4.93. The highest BCUT2D eigenvalue weighted by molar-refractivity contribution is 5.39. The standard InChI is InChI=1S/C15H23NO3/c1-2-9-18-14-5-3-4-6-15(14)19-11-13(10-17)16-12-7-8-12/h3-6,12-13,16-17H,2,7-11H2,1H3. The minimum absolute atomic E-state index is 0.00766. The van der Waals surface area contributed by atoms with Gasteiger partial charge in [-0.25, -0.2) is 0 Å². The number of ether oxygens (including phenoxy) is 2. The van der Waals surface area contributed by atoms with Crippen molar-refractivity contribution >= 4 is 0 Å². The van der Waals surface area contributed by atoms with Gasteiger partial charge >= 0.3 is 0 Å². The first-order chi connectivity index (χ1) is 9.33. The van der Waals surface area contributed by atoms with E-state index in [2.05, 4.69) is 12.2 Å². The Morgan fingerprint density at radius 2 is 1.95 bits per heavy atom. The second-order valence-corrected chi connectivity index (χ2v) is 4.93. The van der Waals surface area contributed by atoms with Gasteiger partial charge in [0.05, 0.1) is 19.3 Å². The van der Waals surface area contributed by atoms with Gasteiger partial charge in [0, 0.05) is 6.04 Å². The van der Waals surface area contributed by atoms with E-state index in [4.69, 9.17) is 9.47 Å². The van der Waals surface area contributed by atoms with Crippen LogP contribution in [0.3, 0.4) is 0 Å². The summed E-state index contributed by atoms with van der Waals surface area (Å²) in [4.78, 5) is 0. The molecule has 4 heteroatoms. The van der Waals surface area contributed by atoms with Crippen LogP contribution in [0.4, 0.5) is 0 Å². The summed E-state index contributed by atoms with van der Waals surface area (Å²) in [7, 11) is 0. The summed E-state index contributed by atoms with van der Waals surface area (Å²) < 4.78 is 11.4. The third kappa shape index (κ3) is 4.73. The number of hydrogen-bond acceptors (Lipinski definition) is 4. The molecule has 0 saturated heterocycles. The third-order valence-corrected chi connectivity index (χ3v) is 3.02. The lowest BCUT2D eigenvalue weighted by Gasteiger charge is -2.18. The molecule has 1 aromatic rings. The second kappa shape index (κ2) is 7.36. The van der Waals surface area contributed by atoms with Crippen molar-refractivity contribution < 1.29 is 14.6 Å². The molecule has 1 aliphatic rings. The number of nitrogens with one attached hydrogen (secondary N) is 1. The predicted octanol–water partition coefficient (Wildman–Crippen LogP) is 1.97. The number of aliphatic hydroxyl groups excluding tert-OH is 1. The molecular weight excluding hydrogens is 242 g/mol. The van der Waals surface area contributed by atoms with Crippen molar-refractivity contribution in [1.82, 2.24) is 5.32 Å². The average Bonchev–Trinajstić information content (AvgIpc) is 3.26. The van der Waals surface area contributed by atoms with Crippen LogP contribution in [0.25, 0.3) is 0 Å². The van der Waals surface area contributed by atoms with E-state index in [1.54, 1.807) is 0 Å². The zero-order valence-corrected chi connectivity index (χ0v) is 11.5. The molecule has 0 heterocycles. The van der Waals surface area contributed by atoms with Gasteiger partial charge in [-0.15, -0.1) is 0 Å². The first kappa shape index (κ1) is 14.2. The average molecular weight is 265 g/mol. The van der Waals surface area contributed by atoms with Crippen molar-refractivity contribution in [3.05, 3.63) is 24.3 Å². The Kier molecular flexibility index (Phi) is 5.48. The highest BCUT2D eigenvalue weighted by Gasteiger charge is 2.24. The predicted molar refractivity (Wildman–Crippen MR) is 74.8 cm³/mol. The van der Waals surface area contributed by atoms with E-state index in [0.29, 0.717) is 19.3 Å². The van der Waals surface area contributed by atoms with Crippen LogP contribution in [0.15, 0.2) is 24.3 Å². The largest absolute Gasteiger partial charge is 0.490 e. The van der Waals surface area contributed by atoms with Gasteiger partial charge < -0.3 is 19.9 Å². The van der Waals surface area contributed by atoms with E-state index in [1.807, 2.05) is 24.3 Å². The monoisotopic (exact) mass is 265 g/mol. The molecule has 1 aliphatic carbocycles. The highest BCUT2D eigenvalue weighted by Crippen LogP contribution is 2.27. The first-order valence-corrected chi connectivity index (χ1v) is 7.05. The van der Waals surface area contributed by atoms with Crippen molar-refractivity contribution in [2.75, 3.05) is 19.8 Å². The summed E-state index contributed by atoms with van der Waals surface area (Å²) in [5.41, 5.74) is 0. The van der Waals surface area contributed by atoms with Crippen molar-refractivity contribution in [3.8, 4) is 11.5 Å². The Hall–Kier alpha value is -1.26. The Balaban J connectivity index is 1.86. The van der Waals surface area contributed by atoms with Crippen LogP contribution >= 0.6 is 0 Å². The summed E-state index contributed by atoms with van der Waals surface area (Å²) in [6, 6.07) is 8.23. The lowest BCUT2D eigenvalue weighted by molar-refractivity contribution is 0.177. The maximum atomic E-state index is 9.32. The molecule has 1 saturated carbocycles. The van der Waals surface area contributed by atoms with Gasteiger partial charge in [0.2, 0.25) is 0 Å². The smallest absolute Gasteiger partial charge is 0.161 e. The molecule has 0 aliphatic heterocycles. The number of benzene rings is 1. The minimum atomic E-state index is -0.00766. The fourth-order valence-corrected chi connectivity index (χ4v) is 1.83. The fraction of sp³-hybridized carbons (Fsp3) is 0.600. The molecule has 0 spiro atoms. The van der Waals surface area contributed by atoms with Crippen LogP contribution in [-0.4, -0.2) is 37.0 Å². The molecule has 4 nitrogen and oxygen atoms in total. The number of aliphatic hydroxyl groups is 1. The summed E-state index contributed by atoms with van der Waals surface area (Å²) in [5.74, 6) is 1.51. The molecule has 2 rings (SSSR count). The van der Waals surface area contributed by atoms with Crippen molar-refractivity contribution in [2.45, 2.75) is 38.3 Å². The molecule has 2 N–H and O–H groups in total. The molecule has 0 aromatic heterocycles. The van der Waals surface area contributed by atoms with Crippen molar-refractivity contribution in [3.63, 3.8) is 0 Å². The fourth-order valence-electron chi connectivity index (χ4n) is 1.83. The molecular formula is C15H23NO3. The number of para-hydroxylation sites is 2. The zero-order valence-electron chi connectivity index (χ0n) is 11.5. The van der Waals surface area contributed by atoms with Gasteiger partial charge in [0.15, 0.2) is 11.5 Å². The topological polar surface area (TPSA) is 50.7 Å². The van der Waals surface area contributed by atoms with Crippen molar-refractivity contribution in [2.24, 2.45) is 0 Å². The van der Waals surface area contributed by atoms with E-state index in [0.717, 1.165) is 17.9 Å². The maximum Gasteiger partial charge on any atom is 0.161 e. The van der Waals surface area contributed by atoms with E-state index >= 15 is 0 Å². The van der Waals surface area contributed by atoms with Crippen LogP contribution in [0.1, 0.15) is 26.2 Å². The zero-order chi connectivity index (χ0) is 13.5. The molecule has 1 fully saturated rings. The molecule has 106 valence electrons. The summed E-state index contributed by atoms with van der Waals surface area (Å²) in [6.07, 6.45) is 3.37. The van der Waals surface area contributed by atoms with Crippen LogP contribution < -0.4 is 14.8 Å². The number of hydrogen-bond donors (Lipinski definition) is 2. The van der Waals surface area contributed by atoms with Gasteiger partial charge in [-0.1, -0.05) is 19.1 Å². The van der Waals surface area contributed by atoms with Crippen LogP contribution in [-0.2, 0) is 0 Å². The number of rotatable bonds is 9. The van der Waals surface area contributed by atoms with Gasteiger partial charge in [-0.3, -0.25) is 0 Å². The third-order valence-electron chi connectivity index (χ3n) is 3.02. The van der Waals surface area contributed by atoms with E-state index in [-0.39, 0.29) is 12.6 Å². The van der Waals surface area contributed by atoms with E-state index in [9.17, 15) is 5.11 Å². The summed E-state index contributed by atoms with van der Waals surface area (Å²) in [6.45, 7) is 3.31. The molecule has 19 heavy (non-hydrogen) atoms. The van der Waals surface area contributed by atoms with Gasteiger partial charge in [0.25, 0.3) is 0 Å². The molecule has 0 radical (unpaired) electrons. The van der Waals surface area contributed by atoms with Gasteiger partial charge in [0.1, 0.15) is 6.61 Å². The SMILES string of the molecule is CCCOc1ccccc1OCC(CO)NC1CC1. The molecule has 0 amide bonds. The lowest BCUT2D eigenvalue weighted by Crippen LogP contribution is -2.39. The van der Waals surface area contributed by atoms with Gasteiger partial charge in [-0.05, 0) is 31.4 Å². The Labute approximate surface area is 114 Å². The first-order valence-electron chi connectivity index (χ1n) is 7.05. The summed E-state index contributed by atoms with van der Waals surface area (Å²) >= 11 is 0. The normalized spacial score (nSPS) is 16.1. The lowest BCUT2D eigenvalue weighted by atomic mass is 10.3. The van der Waals surface area contributed by atoms with Crippen LogP contribution in [0.5, 0.6) is 11.5 Å². The quantitative estimate of drug-likeness (QED) is 0.716.